The maximum Gasteiger partial charge on any atom is 0.126 e. The largest absolute Gasteiger partial charge is 0.260 e. The number of pyridine rings is 1. The summed E-state index contributed by atoms with van der Waals surface area (Å²) in [4.78, 5) is 4.39. The van der Waals surface area contributed by atoms with Gasteiger partial charge in [-0.3, -0.25) is 9.19 Å². The highest BCUT2D eigenvalue weighted by atomic mass is 79.9. The van der Waals surface area contributed by atoms with E-state index in [-0.39, 0.29) is 10.7 Å². The SMILES string of the molecule is CC(C)(C)[S@](=O)C[C@H](Cc1cc(F)cc(F)c1)c1ncccc1Br. The second kappa shape index (κ2) is 7.83. The molecule has 0 saturated heterocycles. The standard InChI is InChI=1S/C18H20BrF2NOS/c1-18(2,3)24(23)11-13(17-16(19)5-4-6-22-17)7-12-8-14(20)10-15(21)9-12/h4-6,8-10,13H,7,11H2,1-3H3/t13-,24+/m0/s1. The Kier molecular flexibility index (Phi) is 6.26. The molecule has 0 radical (unpaired) electrons. The molecule has 0 aliphatic heterocycles. The number of nitrogens with zero attached hydrogens (tertiary/aromatic N) is 1. The van der Waals surface area contributed by atoms with E-state index in [2.05, 4.69) is 20.9 Å². The predicted octanol–water partition coefficient (Wildman–Crippen LogP) is 5.00. The zero-order valence-corrected chi connectivity index (χ0v) is 16.3. The number of hydrogen-bond acceptors (Lipinski definition) is 2. The Balaban J connectivity index is 2.35. The molecule has 6 heteroatoms. The fourth-order valence-electron chi connectivity index (χ4n) is 2.38. The Bertz CT molecular complexity index is 726. The molecule has 24 heavy (non-hydrogen) atoms. The van der Waals surface area contributed by atoms with Crippen molar-refractivity contribution in [2.24, 2.45) is 0 Å². The van der Waals surface area contributed by atoms with Gasteiger partial charge in [-0.05, 0) is 73.0 Å². The molecular formula is C18H20BrF2NOS. The van der Waals surface area contributed by atoms with E-state index in [0.717, 1.165) is 16.2 Å². The molecule has 0 amide bonds. The molecule has 0 saturated carbocycles. The molecule has 0 fully saturated rings. The summed E-state index contributed by atoms with van der Waals surface area (Å²) in [6, 6.07) is 7.14. The summed E-state index contributed by atoms with van der Waals surface area (Å²) < 4.78 is 40.0. The molecule has 130 valence electrons. The van der Waals surface area contributed by atoms with Gasteiger partial charge in [-0.1, -0.05) is 0 Å². The molecule has 0 aliphatic rings. The van der Waals surface area contributed by atoms with Gasteiger partial charge in [0, 0.05) is 44.0 Å². The molecule has 0 aliphatic carbocycles. The van der Waals surface area contributed by atoms with Crippen LogP contribution < -0.4 is 0 Å². The van der Waals surface area contributed by atoms with Crippen molar-refractivity contribution >= 4 is 26.7 Å². The van der Waals surface area contributed by atoms with Gasteiger partial charge in [0.15, 0.2) is 0 Å². The lowest BCUT2D eigenvalue weighted by atomic mass is 9.97. The van der Waals surface area contributed by atoms with Crippen molar-refractivity contribution in [3.8, 4) is 0 Å². The third-order valence-electron chi connectivity index (χ3n) is 3.61. The maximum atomic E-state index is 13.5. The monoisotopic (exact) mass is 415 g/mol. The van der Waals surface area contributed by atoms with Crippen LogP contribution in [0.25, 0.3) is 0 Å². The van der Waals surface area contributed by atoms with Gasteiger partial charge in [-0.2, -0.15) is 0 Å². The summed E-state index contributed by atoms with van der Waals surface area (Å²) in [5.41, 5.74) is 1.28. The summed E-state index contributed by atoms with van der Waals surface area (Å²) in [7, 11) is -1.11. The molecule has 0 spiro atoms. The zero-order valence-electron chi connectivity index (χ0n) is 13.9. The first-order chi connectivity index (χ1) is 11.2. The molecular weight excluding hydrogens is 396 g/mol. The van der Waals surface area contributed by atoms with Gasteiger partial charge in [0.2, 0.25) is 0 Å². The van der Waals surface area contributed by atoms with E-state index in [1.165, 1.54) is 12.1 Å². The van der Waals surface area contributed by atoms with Crippen LogP contribution in [0.5, 0.6) is 0 Å². The highest BCUT2D eigenvalue weighted by molar-refractivity contribution is 9.10. The van der Waals surface area contributed by atoms with E-state index in [4.69, 9.17) is 0 Å². The molecule has 1 aromatic carbocycles. The van der Waals surface area contributed by atoms with E-state index >= 15 is 0 Å². The van der Waals surface area contributed by atoms with E-state index in [1.807, 2.05) is 26.8 Å². The first kappa shape index (κ1) is 19.2. The molecule has 2 nitrogen and oxygen atoms in total. The smallest absolute Gasteiger partial charge is 0.126 e. The molecule has 1 heterocycles. The topological polar surface area (TPSA) is 30.0 Å². The first-order valence-electron chi connectivity index (χ1n) is 7.60. The summed E-state index contributed by atoms with van der Waals surface area (Å²) in [6.07, 6.45) is 2.03. The summed E-state index contributed by atoms with van der Waals surface area (Å²) in [6.45, 7) is 5.74. The van der Waals surface area contributed by atoms with Crippen LogP contribution in [0.2, 0.25) is 0 Å². The number of hydrogen-bond donors (Lipinski definition) is 0. The van der Waals surface area contributed by atoms with Crippen molar-refractivity contribution in [3.05, 3.63) is 63.9 Å². The Hall–Kier alpha value is -1.14. The van der Waals surface area contributed by atoms with Crippen LogP contribution in [0.3, 0.4) is 0 Å². The van der Waals surface area contributed by atoms with Gasteiger partial charge in [-0.25, -0.2) is 8.78 Å². The molecule has 0 unspecified atom stereocenters. The van der Waals surface area contributed by atoms with Crippen molar-refractivity contribution in [2.45, 2.75) is 37.9 Å². The molecule has 2 rings (SSSR count). The minimum Gasteiger partial charge on any atom is -0.260 e. The quantitative estimate of drug-likeness (QED) is 0.687. The van der Waals surface area contributed by atoms with Crippen LogP contribution in [-0.2, 0) is 17.2 Å². The molecule has 0 N–H and O–H groups in total. The van der Waals surface area contributed by atoms with Crippen molar-refractivity contribution in [2.75, 3.05) is 5.75 Å². The third-order valence-corrected chi connectivity index (χ3v) is 6.36. The summed E-state index contributed by atoms with van der Waals surface area (Å²) in [5, 5.41) is 0. The van der Waals surface area contributed by atoms with Gasteiger partial charge < -0.3 is 0 Å². The number of benzene rings is 1. The predicted molar refractivity (Wildman–Crippen MR) is 97.5 cm³/mol. The van der Waals surface area contributed by atoms with Crippen molar-refractivity contribution in [1.82, 2.24) is 4.98 Å². The first-order valence-corrected chi connectivity index (χ1v) is 9.72. The van der Waals surface area contributed by atoms with E-state index in [0.29, 0.717) is 17.7 Å². The molecule has 1 aromatic heterocycles. The van der Waals surface area contributed by atoms with E-state index in [1.54, 1.807) is 12.3 Å². The van der Waals surface area contributed by atoms with Crippen LogP contribution in [-0.4, -0.2) is 19.7 Å². The second-order valence-corrected chi connectivity index (χ2v) is 9.78. The minimum absolute atomic E-state index is 0.207. The lowest BCUT2D eigenvalue weighted by Gasteiger charge is -2.23. The van der Waals surface area contributed by atoms with E-state index in [9.17, 15) is 13.0 Å². The van der Waals surface area contributed by atoms with Crippen LogP contribution in [0, 0.1) is 11.6 Å². The van der Waals surface area contributed by atoms with Gasteiger partial charge >= 0.3 is 0 Å². The van der Waals surface area contributed by atoms with Gasteiger partial charge in [0.25, 0.3) is 0 Å². The third kappa shape index (κ3) is 5.18. The fourth-order valence-corrected chi connectivity index (χ4v) is 4.10. The Morgan fingerprint density at radius 1 is 1.21 bits per heavy atom. The minimum atomic E-state index is -1.11. The number of aromatic nitrogens is 1. The maximum absolute atomic E-state index is 13.5. The fraction of sp³-hybridized carbons (Fsp3) is 0.389. The average molecular weight is 416 g/mol. The van der Waals surface area contributed by atoms with E-state index < -0.39 is 22.4 Å². The van der Waals surface area contributed by atoms with Crippen LogP contribution in [0.1, 0.15) is 37.9 Å². The highest BCUT2D eigenvalue weighted by Gasteiger charge is 2.26. The molecule has 0 bridgehead atoms. The Morgan fingerprint density at radius 3 is 2.38 bits per heavy atom. The zero-order chi connectivity index (χ0) is 17.9. The van der Waals surface area contributed by atoms with Gasteiger partial charge in [0.05, 0.1) is 5.69 Å². The van der Waals surface area contributed by atoms with Crippen LogP contribution in [0.4, 0.5) is 8.78 Å². The van der Waals surface area contributed by atoms with Crippen LogP contribution in [0.15, 0.2) is 41.0 Å². The average Bonchev–Trinajstić information content (AvgIpc) is 2.45. The Labute approximate surface area is 152 Å². The molecule has 2 atom stereocenters. The van der Waals surface area contributed by atoms with Crippen molar-refractivity contribution < 1.29 is 13.0 Å². The lowest BCUT2D eigenvalue weighted by Crippen LogP contribution is -2.28. The number of rotatable bonds is 5. The van der Waals surface area contributed by atoms with Crippen molar-refractivity contribution in [3.63, 3.8) is 0 Å². The summed E-state index contributed by atoms with van der Waals surface area (Å²) >= 11 is 3.47. The highest BCUT2D eigenvalue weighted by Crippen LogP contribution is 2.29. The summed E-state index contributed by atoms with van der Waals surface area (Å²) in [5.74, 6) is -1.06. The Morgan fingerprint density at radius 2 is 1.83 bits per heavy atom. The second-order valence-electron chi connectivity index (χ2n) is 6.67. The number of halogens is 3. The van der Waals surface area contributed by atoms with Gasteiger partial charge in [0.1, 0.15) is 11.6 Å². The van der Waals surface area contributed by atoms with Gasteiger partial charge in [-0.15, -0.1) is 0 Å². The normalized spacial score (nSPS) is 14.4. The molecule has 2 aromatic rings. The van der Waals surface area contributed by atoms with Crippen LogP contribution >= 0.6 is 15.9 Å². The lowest BCUT2D eigenvalue weighted by molar-refractivity contribution is 0.576. The van der Waals surface area contributed by atoms with Crippen molar-refractivity contribution in [1.29, 1.82) is 0 Å².